The van der Waals surface area contributed by atoms with Crippen LogP contribution in [-0.2, 0) is 35.7 Å². The first-order chi connectivity index (χ1) is 13.9. The summed E-state index contributed by atoms with van der Waals surface area (Å²) in [6.07, 6.45) is 0. The van der Waals surface area contributed by atoms with Crippen LogP contribution in [0.5, 0.6) is 5.75 Å². The number of rotatable bonds is 2. The fraction of sp³-hybridized carbons (Fsp3) is 0.462. The van der Waals surface area contributed by atoms with Gasteiger partial charge in [-0.2, -0.15) is 0 Å². The maximum absolute atomic E-state index is 11.2. The fourth-order valence-corrected chi connectivity index (χ4v) is 2.92. The Morgan fingerprint density at radius 1 is 0.688 bits per heavy atom. The van der Waals surface area contributed by atoms with Gasteiger partial charge in [-0.25, -0.2) is 9.59 Å². The topological polar surface area (TPSA) is 94.8 Å². The molecule has 32 heavy (non-hydrogen) atoms. The molecule has 0 fully saturated rings. The van der Waals surface area contributed by atoms with E-state index in [-0.39, 0.29) is 47.0 Å². The molecule has 172 valence electrons. The first-order valence-corrected chi connectivity index (χ1v) is 10.3. The normalized spacial score (nSPS) is 11.7. The third-order valence-corrected chi connectivity index (χ3v) is 4.99. The molecule has 0 saturated heterocycles. The Labute approximate surface area is 204 Å². The Bertz CT molecular complexity index is 958. The van der Waals surface area contributed by atoms with Crippen LogP contribution in [0.25, 0.3) is 0 Å². The number of carbonyl (C=O) groups is 2. The van der Waals surface area contributed by atoms with Crippen LogP contribution in [0, 0.1) is 0 Å². The molecule has 5 nitrogen and oxygen atoms in total. The zero-order chi connectivity index (χ0) is 24.4. The van der Waals surface area contributed by atoms with Crippen LogP contribution >= 0.6 is 0 Å². The molecule has 0 atom stereocenters. The number of phenols is 1. The van der Waals surface area contributed by atoms with Crippen LogP contribution in [0.4, 0.5) is 0 Å². The van der Waals surface area contributed by atoms with E-state index in [2.05, 4.69) is 20.8 Å². The Morgan fingerprint density at radius 2 is 1.19 bits per heavy atom. The summed E-state index contributed by atoms with van der Waals surface area (Å²) in [7, 11) is 0. The fourth-order valence-electron chi connectivity index (χ4n) is 2.92. The second kappa shape index (κ2) is 10.6. The van der Waals surface area contributed by atoms with Crippen LogP contribution in [0.1, 0.15) is 99.7 Å². The van der Waals surface area contributed by atoms with Gasteiger partial charge >= 0.3 is 11.9 Å². The average Bonchev–Trinajstić information content (AvgIpc) is 2.59. The second-order valence-corrected chi connectivity index (χ2v) is 10.9. The van der Waals surface area contributed by atoms with Gasteiger partial charge in [-0.3, -0.25) is 0 Å². The predicted molar refractivity (Wildman–Crippen MR) is 125 cm³/mol. The maximum atomic E-state index is 11.2. The largest absolute Gasteiger partial charge is 0.507 e. The summed E-state index contributed by atoms with van der Waals surface area (Å²) in [5.74, 6) is -2.08. The zero-order valence-corrected chi connectivity index (χ0v) is 23.8. The number of carboxylic acids is 2. The van der Waals surface area contributed by atoms with Gasteiger partial charge in [-0.15, -0.1) is 0 Å². The first-order valence-electron chi connectivity index (χ1n) is 10.3. The van der Waals surface area contributed by atoms with Crippen LogP contribution in [0.15, 0.2) is 36.4 Å². The quantitative estimate of drug-likeness (QED) is 0.423. The summed E-state index contributed by atoms with van der Waals surface area (Å²) in [5.41, 5.74) is 2.53. The molecule has 0 amide bonds. The van der Waals surface area contributed by atoms with Gasteiger partial charge in [0.25, 0.3) is 0 Å². The Hall–Kier alpha value is -2.20. The van der Waals surface area contributed by atoms with Gasteiger partial charge in [-0.1, -0.05) is 80.5 Å². The van der Waals surface area contributed by atoms with Crippen molar-refractivity contribution < 1.29 is 44.4 Å². The zero-order valence-electron chi connectivity index (χ0n) is 20.8. The van der Waals surface area contributed by atoms with Crippen molar-refractivity contribution in [2.45, 2.75) is 78.6 Å². The van der Waals surface area contributed by atoms with Crippen LogP contribution < -0.4 is 0 Å². The van der Waals surface area contributed by atoms with Gasteiger partial charge in [-0.05, 0) is 45.6 Å². The SMILES string of the molecule is CC(C)(C)c1cc(C(=O)O)c(O)c(C(C)(C)C)c1.CC(C)(C)c1cccc(C(=O)O)c1.[Zn]. The molecule has 0 bridgehead atoms. The van der Waals surface area contributed by atoms with E-state index in [1.54, 1.807) is 24.3 Å². The Balaban J connectivity index is 0.000000611. The van der Waals surface area contributed by atoms with Gasteiger partial charge in [0.15, 0.2) is 0 Å². The Morgan fingerprint density at radius 3 is 1.56 bits per heavy atom. The molecule has 0 unspecified atom stereocenters. The molecule has 0 saturated carbocycles. The minimum atomic E-state index is -1.09. The van der Waals surface area contributed by atoms with Crippen molar-refractivity contribution >= 4 is 11.9 Å². The van der Waals surface area contributed by atoms with Crippen molar-refractivity contribution in [2.75, 3.05) is 0 Å². The summed E-state index contributed by atoms with van der Waals surface area (Å²) in [5, 5.41) is 28.1. The van der Waals surface area contributed by atoms with Crippen molar-refractivity contribution in [3.8, 4) is 5.75 Å². The summed E-state index contributed by atoms with van der Waals surface area (Å²) in [6, 6.07) is 10.5. The minimum absolute atomic E-state index is 0. The van der Waals surface area contributed by atoms with Crippen LogP contribution in [0.3, 0.4) is 0 Å². The van der Waals surface area contributed by atoms with E-state index in [4.69, 9.17) is 5.11 Å². The third-order valence-electron chi connectivity index (χ3n) is 4.99. The molecule has 0 aliphatic rings. The van der Waals surface area contributed by atoms with E-state index in [0.717, 1.165) is 11.1 Å². The van der Waals surface area contributed by atoms with Gasteiger partial charge < -0.3 is 15.3 Å². The standard InChI is InChI=1S/C15H22O3.C11H14O2.Zn/c1-14(2,3)9-7-10(13(17)18)12(16)11(8-9)15(4,5)6;1-11(2,3)9-6-4-5-8(7-9)10(12)13;/h7-8,16H,1-6H3,(H,17,18);4-7H,1-3H3,(H,12,13);. The summed E-state index contributed by atoms with van der Waals surface area (Å²) >= 11 is 0. The first kappa shape index (κ1) is 29.8. The number of aromatic carboxylic acids is 2. The van der Waals surface area contributed by atoms with Gasteiger partial charge in [0.05, 0.1) is 5.56 Å². The molecule has 0 aliphatic carbocycles. The molecule has 2 aromatic rings. The monoisotopic (exact) mass is 492 g/mol. The van der Waals surface area contributed by atoms with E-state index in [9.17, 15) is 19.8 Å². The van der Waals surface area contributed by atoms with Crippen molar-refractivity contribution in [1.82, 2.24) is 0 Å². The molecule has 0 aliphatic heterocycles. The summed E-state index contributed by atoms with van der Waals surface area (Å²) < 4.78 is 0. The Kier molecular flexibility index (Phi) is 9.88. The molecule has 0 aromatic heterocycles. The smallest absolute Gasteiger partial charge is 0.339 e. The molecule has 6 heteroatoms. The van der Waals surface area contributed by atoms with Crippen LogP contribution in [0.2, 0.25) is 0 Å². The van der Waals surface area contributed by atoms with E-state index in [1.165, 1.54) is 0 Å². The van der Waals surface area contributed by atoms with E-state index >= 15 is 0 Å². The average molecular weight is 494 g/mol. The van der Waals surface area contributed by atoms with E-state index < -0.39 is 11.9 Å². The third kappa shape index (κ3) is 8.05. The molecule has 0 radical (unpaired) electrons. The molecular formula is C26H36O5Zn. The van der Waals surface area contributed by atoms with Crippen LogP contribution in [-0.4, -0.2) is 27.3 Å². The summed E-state index contributed by atoms with van der Waals surface area (Å²) in [4.78, 5) is 21.9. The van der Waals surface area contributed by atoms with Crippen molar-refractivity contribution in [3.63, 3.8) is 0 Å². The molecule has 2 rings (SSSR count). The number of hydrogen-bond acceptors (Lipinski definition) is 3. The summed E-state index contributed by atoms with van der Waals surface area (Å²) in [6.45, 7) is 18.1. The van der Waals surface area contributed by atoms with Crippen molar-refractivity contribution in [3.05, 3.63) is 64.2 Å². The van der Waals surface area contributed by atoms with Gasteiger partial charge in [0.2, 0.25) is 0 Å². The van der Waals surface area contributed by atoms with Crippen molar-refractivity contribution in [2.24, 2.45) is 0 Å². The number of hydrogen-bond donors (Lipinski definition) is 3. The molecule has 3 N–H and O–H groups in total. The second-order valence-electron chi connectivity index (χ2n) is 10.9. The number of carboxylic acid groups (broad SMARTS) is 2. The number of aromatic hydroxyl groups is 1. The molecule has 0 spiro atoms. The van der Waals surface area contributed by atoms with E-state index in [1.807, 2.05) is 53.7 Å². The van der Waals surface area contributed by atoms with E-state index in [0.29, 0.717) is 11.1 Å². The predicted octanol–water partition coefficient (Wildman–Crippen LogP) is 6.37. The molecule has 0 heterocycles. The van der Waals surface area contributed by atoms with Gasteiger partial charge in [0.1, 0.15) is 11.3 Å². The maximum Gasteiger partial charge on any atom is 0.339 e. The molecular weight excluding hydrogens is 458 g/mol. The molecule has 2 aromatic carbocycles. The minimum Gasteiger partial charge on any atom is -0.507 e. The van der Waals surface area contributed by atoms with Gasteiger partial charge in [0, 0.05) is 25.0 Å². The number of benzene rings is 2. The van der Waals surface area contributed by atoms with Crippen molar-refractivity contribution in [1.29, 1.82) is 0 Å².